The SMILES string of the molecule is CCC1CCC(NCC2CCN(C3CC3)C2)CC1. The Balaban J connectivity index is 1.32. The third-order valence-electron chi connectivity index (χ3n) is 5.50. The Labute approximate surface area is 113 Å². The molecule has 3 fully saturated rings. The molecule has 0 radical (unpaired) electrons. The van der Waals surface area contributed by atoms with Crippen molar-refractivity contribution in [1.82, 2.24) is 10.2 Å². The molecule has 1 heterocycles. The molecule has 0 spiro atoms. The van der Waals surface area contributed by atoms with Gasteiger partial charge in [-0.15, -0.1) is 0 Å². The molecule has 1 aliphatic heterocycles. The molecular weight excluding hydrogens is 220 g/mol. The minimum atomic E-state index is 0.836. The van der Waals surface area contributed by atoms with Gasteiger partial charge in [-0.1, -0.05) is 13.3 Å². The summed E-state index contributed by atoms with van der Waals surface area (Å²) in [5, 5.41) is 3.86. The molecule has 1 atom stereocenters. The predicted octanol–water partition coefficient (Wildman–Crippen LogP) is 3.03. The minimum absolute atomic E-state index is 0.836. The van der Waals surface area contributed by atoms with E-state index in [2.05, 4.69) is 17.1 Å². The van der Waals surface area contributed by atoms with E-state index in [1.807, 2.05) is 0 Å². The maximum atomic E-state index is 3.86. The van der Waals surface area contributed by atoms with Gasteiger partial charge in [0.2, 0.25) is 0 Å². The van der Waals surface area contributed by atoms with E-state index in [0.717, 1.165) is 23.9 Å². The van der Waals surface area contributed by atoms with Crippen LogP contribution >= 0.6 is 0 Å². The summed E-state index contributed by atoms with van der Waals surface area (Å²) in [7, 11) is 0. The van der Waals surface area contributed by atoms with Crippen LogP contribution < -0.4 is 5.32 Å². The third kappa shape index (κ3) is 3.27. The summed E-state index contributed by atoms with van der Waals surface area (Å²) in [6, 6.07) is 1.82. The molecule has 18 heavy (non-hydrogen) atoms. The van der Waals surface area contributed by atoms with E-state index < -0.39 is 0 Å². The molecule has 1 N–H and O–H groups in total. The standard InChI is InChI=1S/C16H30N2/c1-2-13-3-5-15(6-4-13)17-11-14-9-10-18(12-14)16-7-8-16/h13-17H,2-12H2,1H3. The largest absolute Gasteiger partial charge is 0.314 e. The summed E-state index contributed by atoms with van der Waals surface area (Å²) in [4.78, 5) is 2.74. The van der Waals surface area contributed by atoms with Crippen molar-refractivity contribution in [2.75, 3.05) is 19.6 Å². The summed E-state index contributed by atoms with van der Waals surface area (Å²) in [5.41, 5.74) is 0. The second kappa shape index (κ2) is 5.92. The van der Waals surface area contributed by atoms with Gasteiger partial charge in [0.15, 0.2) is 0 Å². The van der Waals surface area contributed by atoms with Crippen molar-refractivity contribution < 1.29 is 0 Å². The second-order valence-electron chi connectivity index (χ2n) is 6.91. The number of hydrogen-bond donors (Lipinski definition) is 1. The number of hydrogen-bond acceptors (Lipinski definition) is 2. The van der Waals surface area contributed by atoms with Gasteiger partial charge >= 0.3 is 0 Å². The molecule has 2 nitrogen and oxygen atoms in total. The van der Waals surface area contributed by atoms with Crippen molar-refractivity contribution >= 4 is 0 Å². The number of nitrogens with one attached hydrogen (secondary N) is 1. The number of likely N-dealkylation sites (tertiary alicyclic amines) is 1. The van der Waals surface area contributed by atoms with Crippen molar-refractivity contribution in [3.8, 4) is 0 Å². The smallest absolute Gasteiger partial charge is 0.00965 e. The maximum absolute atomic E-state index is 3.86. The van der Waals surface area contributed by atoms with Crippen molar-refractivity contribution in [3.63, 3.8) is 0 Å². The third-order valence-corrected chi connectivity index (χ3v) is 5.50. The van der Waals surface area contributed by atoms with Gasteiger partial charge in [-0.05, 0) is 69.9 Å². The van der Waals surface area contributed by atoms with E-state index in [1.165, 1.54) is 71.0 Å². The highest BCUT2D eigenvalue weighted by Crippen LogP contribution is 2.32. The van der Waals surface area contributed by atoms with Crippen molar-refractivity contribution in [2.45, 2.75) is 70.4 Å². The normalized spacial score (nSPS) is 38.2. The molecule has 1 unspecified atom stereocenters. The first kappa shape index (κ1) is 12.9. The molecule has 3 aliphatic rings. The molecule has 0 aromatic rings. The fourth-order valence-corrected chi connectivity index (χ4v) is 3.91. The Bertz CT molecular complexity index is 254. The summed E-state index contributed by atoms with van der Waals surface area (Å²) >= 11 is 0. The predicted molar refractivity (Wildman–Crippen MR) is 76.7 cm³/mol. The first-order chi connectivity index (χ1) is 8.85. The Hall–Kier alpha value is -0.0800. The van der Waals surface area contributed by atoms with Crippen LogP contribution in [0.4, 0.5) is 0 Å². The highest BCUT2D eigenvalue weighted by molar-refractivity contribution is 4.90. The van der Waals surface area contributed by atoms with E-state index in [-0.39, 0.29) is 0 Å². The molecule has 2 saturated carbocycles. The molecule has 2 aliphatic carbocycles. The van der Waals surface area contributed by atoms with Gasteiger partial charge < -0.3 is 10.2 Å². The summed E-state index contributed by atoms with van der Waals surface area (Å²) < 4.78 is 0. The maximum Gasteiger partial charge on any atom is 0.00965 e. The van der Waals surface area contributed by atoms with E-state index in [0.29, 0.717) is 0 Å². The molecule has 0 amide bonds. The van der Waals surface area contributed by atoms with Gasteiger partial charge in [0.25, 0.3) is 0 Å². The summed E-state index contributed by atoms with van der Waals surface area (Å²) in [6.07, 6.45) is 11.6. The highest BCUT2D eigenvalue weighted by atomic mass is 15.2. The summed E-state index contributed by atoms with van der Waals surface area (Å²) in [6.45, 7) is 6.38. The average molecular weight is 250 g/mol. The van der Waals surface area contributed by atoms with Crippen LogP contribution in [-0.2, 0) is 0 Å². The van der Waals surface area contributed by atoms with Gasteiger partial charge in [-0.2, -0.15) is 0 Å². The summed E-state index contributed by atoms with van der Waals surface area (Å²) in [5.74, 6) is 1.97. The molecule has 1 saturated heterocycles. The van der Waals surface area contributed by atoms with Crippen molar-refractivity contribution in [2.24, 2.45) is 11.8 Å². The van der Waals surface area contributed by atoms with Crippen LogP contribution in [0.3, 0.4) is 0 Å². The Morgan fingerprint density at radius 2 is 1.72 bits per heavy atom. The molecule has 0 aromatic carbocycles. The molecule has 3 rings (SSSR count). The lowest BCUT2D eigenvalue weighted by atomic mass is 9.84. The van der Waals surface area contributed by atoms with Crippen molar-refractivity contribution in [3.05, 3.63) is 0 Å². The molecule has 2 heteroatoms. The van der Waals surface area contributed by atoms with Gasteiger partial charge in [-0.3, -0.25) is 0 Å². The van der Waals surface area contributed by atoms with Crippen LogP contribution in [0.15, 0.2) is 0 Å². The Morgan fingerprint density at radius 1 is 0.944 bits per heavy atom. The molecular formula is C16H30N2. The lowest BCUT2D eigenvalue weighted by Crippen LogP contribution is -2.37. The van der Waals surface area contributed by atoms with Crippen LogP contribution in [0.1, 0.15) is 58.3 Å². The highest BCUT2D eigenvalue weighted by Gasteiger charge is 2.34. The van der Waals surface area contributed by atoms with E-state index in [4.69, 9.17) is 0 Å². The Morgan fingerprint density at radius 3 is 2.39 bits per heavy atom. The van der Waals surface area contributed by atoms with Crippen LogP contribution in [-0.4, -0.2) is 36.6 Å². The first-order valence-corrected chi connectivity index (χ1v) is 8.32. The topological polar surface area (TPSA) is 15.3 Å². The van der Waals surface area contributed by atoms with Crippen LogP contribution in [0.5, 0.6) is 0 Å². The first-order valence-electron chi connectivity index (χ1n) is 8.32. The molecule has 0 aromatic heterocycles. The zero-order valence-electron chi connectivity index (χ0n) is 12.0. The minimum Gasteiger partial charge on any atom is -0.314 e. The molecule has 0 bridgehead atoms. The zero-order valence-corrected chi connectivity index (χ0v) is 12.0. The fourth-order valence-electron chi connectivity index (χ4n) is 3.91. The van der Waals surface area contributed by atoms with Crippen LogP contribution in [0.2, 0.25) is 0 Å². The lowest BCUT2D eigenvalue weighted by Gasteiger charge is -2.29. The van der Waals surface area contributed by atoms with Gasteiger partial charge in [0, 0.05) is 18.6 Å². The lowest BCUT2D eigenvalue weighted by molar-refractivity contribution is 0.270. The monoisotopic (exact) mass is 250 g/mol. The van der Waals surface area contributed by atoms with Crippen molar-refractivity contribution in [1.29, 1.82) is 0 Å². The zero-order chi connectivity index (χ0) is 12.4. The Kier molecular flexibility index (Phi) is 4.25. The van der Waals surface area contributed by atoms with Gasteiger partial charge in [-0.25, -0.2) is 0 Å². The average Bonchev–Trinajstić information content (AvgIpc) is 3.16. The number of nitrogens with zero attached hydrogens (tertiary/aromatic N) is 1. The van der Waals surface area contributed by atoms with E-state index in [1.54, 1.807) is 0 Å². The van der Waals surface area contributed by atoms with E-state index in [9.17, 15) is 0 Å². The quantitative estimate of drug-likeness (QED) is 0.807. The van der Waals surface area contributed by atoms with Gasteiger partial charge in [0.1, 0.15) is 0 Å². The van der Waals surface area contributed by atoms with Crippen LogP contribution in [0.25, 0.3) is 0 Å². The van der Waals surface area contributed by atoms with Crippen LogP contribution in [0, 0.1) is 11.8 Å². The van der Waals surface area contributed by atoms with E-state index >= 15 is 0 Å². The van der Waals surface area contributed by atoms with Gasteiger partial charge in [0.05, 0.1) is 0 Å². The fraction of sp³-hybridized carbons (Fsp3) is 1.00. The molecule has 104 valence electrons. The number of rotatable bonds is 5. The second-order valence-corrected chi connectivity index (χ2v) is 6.91.